The maximum absolute atomic E-state index is 10.2. The average molecular weight is 279 g/mol. The number of rotatable bonds is 2. The lowest BCUT2D eigenvalue weighted by molar-refractivity contribution is 0.0697. The second kappa shape index (κ2) is 7.89. The van der Waals surface area contributed by atoms with Gasteiger partial charge in [0.1, 0.15) is 5.75 Å². The van der Waals surface area contributed by atoms with Gasteiger partial charge in [0.05, 0.1) is 5.56 Å². The first kappa shape index (κ1) is 14.7. The van der Waals surface area contributed by atoms with Crippen molar-refractivity contribution in [3.8, 4) is 5.75 Å². The molecule has 19 heavy (non-hydrogen) atoms. The minimum atomic E-state index is -0.879. The van der Waals surface area contributed by atoms with Gasteiger partial charge in [-0.15, -0.1) is 0 Å². The zero-order chi connectivity index (χ0) is 14.1. The van der Waals surface area contributed by atoms with E-state index in [0.717, 1.165) is 0 Å². The molecule has 2 rings (SSSR count). The summed E-state index contributed by atoms with van der Waals surface area (Å²) in [6, 6.07) is 16.9. The SMILES string of the molecule is O=C(Cl)Oc1ccccc1.O=C(O)c1ccccc1. The average Bonchev–Trinajstić information content (AvgIpc) is 2.41. The minimum Gasteiger partial charge on any atom is -0.478 e. The van der Waals surface area contributed by atoms with E-state index in [9.17, 15) is 9.59 Å². The van der Waals surface area contributed by atoms with Crippen molar-refractivity contribution in [2.24, 2.45) is 0 Å². The van der Waals surface area contributed by atoms with Crippen LogP contribution in [0.1, 0.15) is 10.4 Å². The number of hydrogen-bond acceptors (Lipinski definition) is 3. The van der Waals surface area contributed by atoms with Crippen LogP contribution in [0, 0.1) is 0 Å². The second-order valence-electron chi connectivity index (χ2n) is 3.32. The van der Waals surface area contributed by atoms with Crippen LogP contribution in [0.25, 0.3) is 0 Å². The molecule has 0 amide bonds. The normalized spacial score (nSPS) is 8.89. The van der Waals surface area contributed by atoms with Crippen LogP contribution in [0.3, 0.4) is 0 Å². The second-order valence-corrected chi connectivity index (χ2v) is 3.63. The van der Waals surface area contributed by atoms with E-state index in [1.54, 1.807) is 54.6 Å². The molecule has 2 aromatic carbocycles. The van der Waals surface area contributed by atoms with Crippen molar-refractivity contribution in [1.82, 2.24) is 0 Å². The van der Waals surface area contributed by atoms with Gasteiger partial charge in [-0.2, -0.15) is 0 Å². The molecule has 0 spiro atoms. The van der Waals surface area contributed by atoms with E-state index in [1.807, 2.05) is 6.07 Å². The summed E-state index contributed by atoms with van der Waals surface area (Å²) in [7, 11) is 0. The molecule has 5 heteroatoms. The van der Waals surface area contributed by atoms with Gasteiger partial charge in [0.25, 0.3) is 0 Å². The van der Waals surface area contributed by atoms with Crippen molar-refractivity contribution < 1.29 is 19.4 Å². The molecule has 0 radical (unpaired) electrons. The monoisotopic (exact) mass is 278 g/mol. The Morgan fingerprint density at radius 3 is 1.74 bits per heavy atom. The number of halogens is 1. The molecule has 2 aromatic rings. The first-order valence-electron chi connectivity index (χ1n) is 5.30. The summed E-state index contributed by atoms with van der Waals surface area (Å²) >= 11 is 4.95. The Morgan fingerprint density at radius 1 is 0.895 bits per heavy atom. The van der Waals surface area contributed by atoms with Crippen LogP contribution >= 0.6 is 11.6 Å². The van der Waals surface area contributed by atoms with Gasteiger partial charge in [0.15, 0.2) is 0 Å². The molecule has 0 fully saturated rings. The van der Waals surface area contributed by atoms with Gasteiger partial charge in [-0.25, -0.2) is 9.59 Å². The number of carbonyl (C=O) groups is 2. The third kappa shape index (κ3) is 6.24. The number of ether oxygens (including phenoxy) is 1. The van der Waals surface area contributed by atoms with E-state index in [4.69, 9.17) is 16.7 Å². The van der Waals surface area contributed by atoms with Gasteiger partial charge in [0.2, 0.25) is 0 Å². The highest BCUT2D eigenvalue weighted by atomic mass is 35.5. The fourth-order valence-electron chi connectivity index (χ4n) is 1.16. The van der Waals surface area contributed by atoms with Crippen LogP contribution in [0.15, 0.2) is 60.7 Å². The third-order valence-corrected chi connectivity index (χ3v) is 2.04. The van der Waals surface area contributed by atoms with E-state index in [2.05, 4.69) is 4.74 Å². The summed E-state index contributed by atoms with van der Waals surface area (Å²) in [6.07, 6.45) is 0. The highest BCUT2D eigenvalue weighted by Crippen LogP contribution is 2.09. The summed E-state index contributed by atoms with van der Waals surface area (Å²) in [5, 5.41) is 8.38. The fraction of sp³-hybridized carbons (Fsp3) is 0. The van der Waals surface area contributed by atoms with Crippen LogP contribution in [-0.2, 0) is 0 Å². The molecule has 98 valence electrons. The smallest absolute Gasteiger partial charge is 0.409 e. The Morgan fingerprint density at radius 2 is 1.37 bits per heavy atom. The van der Waals surface area contributed by atoms with Crippen LogP contribution < -0.4 is 4.74 Å². The van der Waals surface area contributed by atoms with Crippen molar-refractivity contribution in [2.75, 3.05) is 0 Å². The molecular weight excluding hydrogens is 268 g/mol. The topological polar surface area (TPSA) is 63.6 Å². The predicted molar refractivity (Wildman–Crippen MR) is 71.7 cm³/mol. The van der Waals surface area contributed by atoms with Crippen LogP contribution in [-0.4, -0.2) is 16.5 Å². The zero-order valence-electron chi connectivity index (χ0n) is 9.82. The van der Waals surface area contributed by atoms with E-state index in [0.29, 0.717) is 11.3 Å². The molecule has 0 aliphatic carbocycles. The lowest BCUT2D eigenvalue weighted by atomic mass is 10.2. The number of hydrogen-bond donors (Lipinski definition) is 1. The molecular formula is C14H11ClO4. The van der Waals surface area contributed by atoms with E-state index in [-0.39, 0.29) is 0 Å². The largest absolute Gasteiger partial charge is 0.478 e. The van der Waals surface area contributed by atoms with E-state index in [1.165, 1.54) is 0 Å². The number of carboxylic acid groups (broad SMARTS) is 1. The standard InChI is InChI=1S/C7H5ClO2.C7H6O2/c8-7(9)10-6-4-2-1-3-5-6;8-7(9)6-4-2-1-3-5-6/h1-5H;1-5H,(H,8,9). The summed E-state index contributed by atoms with van der Waals surface area (Å²) in [6.45, 7) is 0. The van der Waals surface area contributed by atoms with E-state index < -0.39 is 11.4 Å². The third-order valence-electron chi connectivity index (χ3n) is 1.96. The Balaban J connectivity index is 0.000000191. The molecule has 0 heterocycles. The molecule has 0 aromatic heterocycles. The Bertz CT molecular complexity index is 526. The van der Waals surface area contributed by atoms with E-state index >= 15 is 0 Å². The molecule has 0 saturated carbocycles. The van der Waals surface area contributed by atoms with Crippen LogP contribution in [0.4, 0.5) is 4.79 Å². The molecule has 0 unspecified atom stereocenters. The summed E-state index contributed by atoms with van der Waals surface area (Å²) in [4.78, 5) is 20.4. The molecule has 0 aliphatic heterocycles. The summed E-state index contributed by atoms with van der Waals surface area (Å²) in [5.41, 5.74) is -0.483. The van der Waals surface area contributed by atoms with Gasteiger partial charge in [-0.1, -0.05) is 36.4 Å². The van der Waals surface area contributed by atoms with Crippen molar-refractivity contribution in [3.63, 3.8) is 0 Å². The Labute approximate surface area is 115 Å². The quantitative estimate of drug-likeness (QED) is 0.849. The first-order chi connectivity index (χ1) is 9.09. The lowest BCUT2D eigenvalue weighted by Crippen LogP contribution is -1.94. The highest BCUT2D eigenvalue weighted by Gasteiger charge is 1.97. The number of para-hydroxylation sites is 1. The summed E-state index contributed by atoms with van der Waals surface area (Å²) < 4.78 is 4.54. The number of carboxylic acids is 1. The minimum absolute atomic E-state index is 0.331. The van der Waals surface area contributed by atoms with Gasteiger partial charge in [-0.05, 0) is 24.3 Å². The predicted octanol–water partition coefficient (Wildman–Crippen LogP) is 3.81. The summed E-state index contributed by atoms with van der Waals surface area (Å²) in [5.74, 6) is -0.418. The number of benzene rings is 2. The van der Waals surface area contributed by atoms with Gasteiger partial charge >= 0.3 is 11.4 Å². The van der Waals surface area contributed by atoms with Crippen molar-refractivity contribution in [3.05, 3.63) is 66.2 Å². The molecule has 0 bridgehead atoms. The van der Waals surface area contributed by atoms with Gasteiger partial charge < -0.3 is 9.84 Å². The van der Waals surface area contributed by atoms with Crippen LogP contribution in [0.5, 0.6) is 5.75 Å². The Hall–Kier alpha value is -2.33. The first-order valence-corrected chi connectivity index (χ1v) is 5.68. The van der Waals surface area contributed by atoms with Gasteiger partial charge in [-0.3, -0.25) is 0 Å². The molecule has 0 saturated heterocycles. The van der Waals surface area contributed by atoms with Crippen molar-refractivity contribution in [1.29, 1.82) is 0 Å². The van der Waals surface area contributed by atoms with Gasteiger partial charge in [0, 0.05) is 11.6 Å². The van der Waals surface area contributed by atoms with Crippen LogP contribution in [0.2, 0.25) is 0 Å². The molecule has 1 N–H and O–H groups in total. The zero-order valence-corrected chi connectivity index (χ0v) is 10.6. The lowest BCUT2D eigenvalue weighted by Gasteiger charge is -1.95. The number of carbonyl (C=O) groups excluding carboxylic acids is 1. The maximum atomic E-state index is 10.2. The molecule has 0 aliphatic rings. The fourth-order valence-corrected chi connectivity index (χ4v) is 1.25. The highest BCUT2D eigenvalue weighted by molar-refractivity contribution is 6.61. The number of aromatic carboxylic acids is 1. The maximum Gasteiger partial charge on any atom is 0.409 e. The molecule has 0 atom stereocenters. The van der Waals surface area contributed by atoms with Crippen molar-refractivity contribution >= 4 is 23.0 Å². The molecule has 4 nitrogen and oxygen atoms in total. The Kier molecular flexibility index (Phi) is 6.12. The van der Waals surface area contributed by atoms with Crippen molar-refractivity contribution in [2.45, 2.75) is 0 Å².